The highest BCUT2D eigenvalue weighted by atomic mass is 14.9. The van der Waals surface area contributed by atoms with Crippen molar-refractivity contribution in [1.82, 2.24) is 0 Å². The minimum atomic E-state index is -0.195. The number of hydrogen-bond acceptors (Lipinski definition) is 2. The normalized spacial score (nSPS) is 14.1. The van der Waals surface area contributed by atoms with Gasteiger partial charge in [0.15, 0.2) is 0 Å². The van der Waals surface area contributed by atoms with Gasteiger partial charge in [-0.2, -0.15) is 5.26 Å². The van der Waals surface area contributed by atoms with E-state index >= 15 is 0 Å². The van der Waals surface area contributed by atoms with Crippen LogP contribution in [-0.4, -0.2) is 6.54 Å². The van der Waals surface area contributed by atoms with Crippen molar-refractivity contribution in [2.75, 3.05) is 11.9 Å². The van der Waals surface area contributed by atoms with E-state index in [-0.39, 0.29) is 5.41 Å². The number of nitrogens with one attached hydrogen (secondary N) is 1. The summed E-state index contributed by atoms with van der Waals surface area (Å²) >= 11 is 0. The third-order valence-electron chi connectivity index (χ3n) is 3.71. The molecule has 0 spiro atoms. The molecule has 0 atom stereocenters. The van der Waals surface area contributed by atoms with Crippen LogP contribution in [0.4, 0.5) is 5.69 Å². The van der Waals surface area contributed by atoms with Crippen LogP contribution in [0.1, 0.15) is 44.2 Å². The summed E-state index contributed by atoms with van der Waals surface area (Å²) in [5, 5.41) is 12.4. The Bertz CT molecular complexity index is 455. The Morgan fingerprint density at radius 1 is 1.28 bits per heavy atom. The van der Waals surface area contributed by atoms with Crippen LogP contribution in [0.2, 0.25) is 0 Å². The molecule has 0 amide bonds. The maximum Gasteiger partial charge on any atom is 0.0683 e. The quantitative estimate of drug-likeness (QED) is 0.794. The van der Waals surface area contributed by atoms with Crippen molar-refractivity contribution in [3.63, 3.8) is 0 Å². The number of aryl methyl sites for hydroxylation is 2. The highest BCUT2D eigenvalue weighted by Gasteiger charge is 2.15. The Morgan fingerprint density at radius 3 is 2.83 bits per heavy atom. The van der Waals surface area contributed by atoms with Gasteiger partial charge in [-0.25, -0.2) is 0 Å². The Morgan fingerprint density at radius 2 is 2.06 bits per heavy atom. The number of nitrogens with zero attached hydrogens (tertiary/aromatic N) is 1. The van der Waals surface area contributed by atoms with E-state index in [9.17, 15) is 0 Å². The predicted octanol–water partition coefficient (Wildman–Crippen LogP) is 3.92. The van der Waals surface area contributed by atoms with E-state index in [0.29, 0.717) is 0 Å². The maximum absolute atomic E-state index is 8.95. The van der Waals surface area contributed by atoms with Crippen molar-refractivity contribution in [2.24, 2.45) is 5.41 Å². The molecule has 0 radical (unpaired) electrons. The molecular formula is C16H22N2. The topological polar surface area (TPSA) is 35.8 Å². The van der Waals surface area contributed by atoms with Gasteiger partial charge in [0.1, 0.15) is 0 Å². The molecule has 18 heavy (non-hydrogen) atoms. The van der Waals surface area contributed by atoms with Crippen LogP contribution in [0.5, 0.6) is 0 Å². The summed E-state index contributed by atoms with van der Waals surface area (Å²) in [5.41, 5.74) is 4.06. The molecule has 1 aliphatic carbocycles. The fourth-order valence-electron chi connectivity index (χ4n) is 2.50. The highest BCUT2D eigenvalue weighted by Crippen LogP contribution is 2.25. The van der Waals surface area contributed by atoms with E-state index in [1.54, 1.807) is 0 Å². The predicted molar refractivity (Wildman–Crippen MR) is 75.6 cm³/mol. The average molecular weight is 242 g/mol. The van der Waals surface area contributed by atoms with Crippen molar-refractivity contribution in [1.29, 1.82) is 5.26 Å². The fourth-order valence-corrected chi connectivity index (χ4v) is 2.50. The summed E-state index contributed by atoms with van der Waals surface area (Å²) < 4.78 is 0. The SMILES string of the molecule is CC(C)(C#N)CCCNc1ccc2c(c1)CCC2. The first-order chi connectivity index (χ1) is 8.61. The zero-order chi connectivity index (χ0) is 13.0. The monoisotopic (exact) mass is 242 g/mol. The minimum Gasteiger partial charge on any atom is -0.385 e. The number of anilines is 1. The number of nitriles is 1. The first-order valence-electron chi connectivity index (χ1n) is 6.88. The first-order valence-corrected chi connectivity index (χ1v) is 6.88. The molecule has 0 bridgehead atoms. The second-order valence-corrected chi connectivity index (χ2v) is 5.86. The summed E-state index contributed by atoms with van der Waals surface area (Å²) in [7, 11) is 0. The fraction of sp³-hybridized carbons (Fsp3) is 0.562. The van der Waals surface area contributed by atoms with E-state index < -0.39 is 0 Å². The molecule has 2 rings (SSSR count). The molecule has 1 aromatic carbocycles. The smallest absolute Gasteiger partial charge is 0.0683 e. The Hall–Kier alpha value is -1.49. The largest absolute Gasteiger partial charge is 0.385 e. The molecule has 1 aliphatic rings. The summed E-state index contributed by atoms with van der Waals surface area (Å²) in [6.45, 7) is 4.95. The third kappa shape index (κ3) is 3.26. The molecule has 2 nitrogen and oxygen atoms in total. The van der Waals surface area contributed by atoms with Gasteiger partial charge in [0.2, 0.25) is 0 Å². The molecule has 1 N–H and O–H groups in total. The first kappa shape index (κ1) is 13.0. The number of rotatable bonds is 5. The maximum atomic E-state index is 8.95. The van der Waals surface area contributed by atoms with Crippen LogP contribution >= 0.6 is 0 Å². The van der Waals surface area contributed by atoms with Crippen LogP contribution in [0, 0.1) is 16.7 Å². The van der Waals surface area contributed by atoms with Gasteiger partial charge in [-0.1, -0.05) is 6.07 Å². The second kappa shape index (κ2) is 5.44. The van der Waals surface area contributed by atoms with E-state index in [2.05, 4.69) is 29.6 Å². The zero-order valence-corrected chi connectivity index (χ0v) is 11.4. The lowest BCUT2D eigenvalue weighted by Gasteiger charge is -2.15. The average Bonchev–Trinajstić information content (AvgIpc) is 2.82. The molecule has 2 heteroatoms. The minimum absolute atomic E-state index is 0.195. The molecular weight excluding hydrogens is 220 g/mol. The Kier molecular flexibility index (Phi) is 3.91. The Labute approximate surface area is 110 Å². The number of hydrogen-bond donors (Lipinski definition) is 1. The third-order valence-corrected chi connectivity index (χ3v) is 3.71. The summed E-state index contributed by atoms with van der Waals surface area (Å²) in [6, 6.07) is 9.07. The molecule has 96 valence electrons. The molecule has 0 fully saturated rings. The van der Waals surface area contributed by atoms with E-state index in [0.717, 1.165) is 19.4 Å². The number of fused-ring (bicyclic) bond motifs is 1. The van der Waals surface area contributed by atoms with Crippen LogP contribution in [-0.2, 0) is 12.8 Å². The molecule has 0 unspecified atom stereocenters. The van der Waals surface area contributed by atoms with Crippen LogP contribution in [0.3, 0.4) is 0 Å². The standard InChI is InChI=1S/C16H22N2/c1-16(2,12-17)9-4-10-18-15-8-7-13-5-3-6-14(13)11-15/h7-8,11,18H,3-6,9-10H2,1-2H3. The summed E-state index contributed by atoms with van der Waals surface area (Å²) in [5.74, 6) is 0. The van der Waals surface area contributed by atoms with Gasteiger partial charge in [0.05, 0.1) is 11.5 Å². The van der Waals surface area contributed by atoms with Crippen molar-refractivity contribution >= 4 is 5.69 Å². The van der Waals surface area contributed by atoms with Crippen molar-refractivity contribution in [3.05, 3.63) is 29.3 Å². The van der Waals surface area contributed by atoms with Gasteiger partial charge in [0.25, 0.3) is 0 Å². The molecule has 1 aromatic rings. The van der Waals surface area contributed by atoms with Crippen molar-refractivity contribution < 1.29 is 0 Å². The zero-order valence-electron chi connectivity index (χ0n) is 11.4. The van der Waals surface area contributed by atoms with E-state index in [1.807, 2.05) is 13.8 Å². The van der Waals surface area contributed by atoms with Gasteiger partial charge < -0.3 is 5.32 Å². The van der Waals surface area contributed by atoms with Crippen LogP contribution in [0.15, 0.2) is 18.2 Å². The van der Waals surface area contributed by atoms with Crippen molar-refractivity contribution in [3.8, 4) is 6.07 Å². The molecule has 0 saturated carbocycles. The lowest BCUT2D eigenvalue weighted by atomic mass is 9.90. The lowest BCUT2D eigenvalue weighted by molar-refractivity contribution is 0.441. The molecule has 0 saturated heterocycles. The van der Waals surface area contributed by atoms with Gasteiger partial charge >= 0.3 is 0 Å². The van der Waals surface area contributed by atoms with Gasteiger partial charge in [0, 0.05) is 12.2 Å². The van der Waals surface area contributed by atoms with E-state index in [1.165, 1.54) is 36.1 Å². The molecule has 0 aromatic heterocycles. The van der Waals surface area contributed by atoms with Crippen LogP contribution in [0.25, 0.3) is 0 Å². The van der Waals surface area contributed by atoms with Crippen LogP contribution < -0.4 is 5.32 Å². The van der Waals surface area contributed by atoms with Gasteiger partial charge in [-0.15, -0.1) is 0 Å². The molecule has 0 heterocycles. The number of benzene rings is 1. The van der Waals surface area contributed by atoms with E-state index in [4.69, 9.17) is 5.26 Å². The van der Waals surface area contributed by atoms with Gasteiger partial charge in [-0.3, -0.25) is 0 Å². The second-order valence-electron chi connectivity index (χ2n) is 5.86. The Balaban J connectivity index is 1.79. The highest BCUT2D eigenvalue weighted by molar-refractivity contribution is 5.50. The van der Waals surface area contributed by atoms with Gasteiger partial charge in [-0.05, 0) is 69.2 Å². The lowest BCUT2D eigenvalue weighted by Crippen LogP contribution is -2.11. The molecule has 0 aliphatic heterocycles. The van der Waals surface area contributed by atoms with Crippen molar-refractivity contribution in [2.45, 2.75) is 46.0 Å². The summed E-state index contributed by atoms with van der Waals surface area (Å²) in [6.07, 6.45) is 5.76. The summed E-state index contributed by atoms with van der Waals surface area (Å²) in [4.78, 5) is 0.